The van der Waals surface area contributed by atoms with Crippen molar-refractivity contribution in [3.8, 4) is 0 Å². The van der Waals surface area contributed by atoms with Crippen molar-refractivity contribution in [2.45, 2.75) is 16.1 Å². The molecule has 1 aliphatic heterocycles. The maximum Gasteiger partial charge on any atom is 0.0540 e. The summed E-state index contributed by atoms with van der Waals surface area (Å²) in [5, 5.41) is 5.52. The summed E-state index contributed by atoms with van der Waals surface area (Å²) in [6, 6.07) is 48.8. The minimum absolute atomic E-state index is 0.311. The first-order valence-electron chi connectivity index (χ1n) is 13.2. The van der Waals surface area contributed by atoms with E-state index in [1.165, 1.54) is 60.2 Å². The fourth-order valence-electron chi connectivity index (χ4n) is 6.23. The highest BCUT2D eigenvalue weighted by Crippen LogP contribution is 2.60. The molecule has 0 spiro atoms. The number of benzene rings is 6. The van der Waals surface area contributed by atoms with E-state index in [2.05, 4.69) is 144 Å². The van der Waals surface area contributed by atoms with Gasteiger partial charge in [-0.25, -0.2) is 0 Å². The molecule has 0 fully saturated rings. The van der Waals surface area contributed by atoms with E-state index in [-0.39, 0.29) is 0 Å². The summed E-state index contributed by atoms with van der Waals surface area (Å²) in [5.74, 6) is 0.311. The lowest BCUT2D eigenvalue weighted by molar-refractivity contribution is 0.811. The normalized spacial score (nSPS) is 17.5. The van der Waals surface area contributed by atoms with Crippen LogP contribution in [0.4, 0.5) is 11.4 Å². The molecule has 2 unspecified atom stereocenters. The summed E-state index contributed by atoms with van der Waals surface area (Å²) in [5.41, 5.74) is 7.81. The Balaban J connectivity index is 1.40. The Labute approximate surface area is 227 Å². The van der Waals surface area contributed by atoms with Crippen LogP contribution in [0.15, 0.2) is 144 Å². The maximum atomic E-state index is 2.54. The van der Waals surface area contributed by atoms with Gasteiger partial charge in [0.1, 0.15) is 0 Å². The molecular weight excluding hydrogens is 478 g/mol. The molecule has 0 N–H and O–H groups in total. The molecule has 8 rings (SSSR count). The molecule has 2 heteroatoms. The molecule has 0 bridgehead atoms. The third-order valence-electron chi connectivity index (χ3n) is 7.96. The number of para-hydroxylation sites is 1. The zero-order chi connectivity index (χ0) is 25.1. The van der Waals surface area contributed by atoms with E-state index in [1.807, 2.05) is 11.8 Å². The van der Waals surface area contributed by atoms with Gasteiger partial charge in [-0.05, 0) is 57.6 Å². The summed E-state index contributed by atoms with van der Waals surface area (Å²) in [6.07, 6.45) is 2.54. The van der Waals surface area contributed by atoms with E-state index in [9.17, 15) is 0 Å². The van der Waals surface area contributed by atoms with Gasteiger partial charge in [-0.1, -0.05) is 109 Å². The molecule has 6 aromatic carbocycles. The average molecular weight is 504 g/mol. The minimum atomic E-state index is 0.311. The van der Waals surface area contributed by atoms with E-state index < -0.39 is 0 Å². The van der Waals surface area contributed by atoms with Crippen LogP contribution in [0.1, 0.15) is 27.9 Å². The third kappa shape index (κ3) is 3.34. The van der Waals surface area contributed by atoms with Gasteiger partial charge in [0.15, 0.2) is 0 Å². The van der Waals surface area contributed by atoms with Gasteiger partial charge in [-0.15, -0.1) is 11.8 Å². The average Bonchev–Trinajstić information content (AvgIpc) is 3.34. The molecule has 38 heavy (non-hydrogen) atoms. The minimum Gasteiger partial charge on any atom is -0.310 e. The summed E-state index contributed by atoms with van der Waals surface area (Å²) < 4.78 is 0. The Kier molecular flexibility index (Phi) is 4.96. The number of hydrogen-bond donors (Lipinski definition) is 0. The van der Waals surface area contributed by atoms with E-state index in [1.54, 1.807) is 0 Å². The van der Waals surface area contributed by atoms with Crippen molar-refractivity contribution in [1.29, 1.82) is 0 Å². The van der Waals surface area contributed by atoms with Crippen molar-refractivity contribution in [2.75, 3.05) is 4.90 Å². The summed E-state index contributed by atoms with van der Waals surface area (Å²) >= 11 is 2.02. The van der Waals surface area contributed by atoms with Crippen LogP contribution in [0.3, 0.4) is 0 Å². The maximum absolute atomic E-state index is 2.54. The smallest absolute Gasteiger partial charge is 0.0540 e. The van der Waals surface area contributed by atoms with E-state index >= 15 is 0 Å². The van der Waals surface area contributed by atoms with E-state index in [0.29, 0.717) is 11.2 Å². The van der Waals surface area contributed by atoms with Crippen LogP contribution < -0.4 is 4.90 Å². The SMILES string of the molecule is C1=C(N(c2ccccc2)c2cccc3ccccc23)c2ccccc2C2Sc3cc4ccccc4cc3C12. The molecule has 1 aliphatic carbocycles. The van der Waals surface area contributed by atoms with Crippen molar-refractivity contribution in [2.24, 2.45) is 0 Å². The van der Waals surface area contributed by atoms with E-state index in [0.717, 1.165) is 0 Å². The molecule has 0 saturated heterocycles. The quantitative estimate of drug-likeness (QED) is 0.236. The van der Waals surface area contributed by atoms with Crippen molar-refractivity contribution in [1.82, 2.24) is 0 Å². The van der Waals surface area contributed by atoms with Crippen LogP contribution in [-0.4, -0.2) is 0 Å². The Morgan fingerprint density at radius 3 is 2.11 bits per heavy atom. The van der Waals surface area contributed by atoms with Crippen LogP contribution in [0.2, 0.25) is 0 Å². The van der Waals surface area contributed by atoms with Crippen molar-refractivity contribution >= 4 is 50.4 Å². The van der Waals surface area contributed by atoms with Gasteiger partial charge in [0.2, 0.25) is 0 Å². The predicted molar refractivity (Wildman–Crippen MR) is 162 cm³/mol. The zero-order valence-electron chi connectivity index (χ0n) is 20.8. The topological polar surface area (TPSA) is 3.24 Å². The monoisotopic (exact) mass is 503 g/mol. The number of thioether (sulfide) groups is 1. The summed E-state index contributed by atoms with van der Waals surface area (Å²) in [6.45, 7) is 0. The molecule has 0 saturated carbocycles. The molecule has 0 radical (unpaired) electrons. The first kappa shape index (κ1) is 21.8. The van der Waals surface area contributed by atoms with E-state index in [4.69, 9.17) is 0 Å². The first-order valence-corrected chi connectivity index (χ1v) is 14.1. The molecule has 1 nitrogen and oxygen atoms in total. The van der Waals surface area contributed by atoms with Gasteiger partial charge in [-0.2, -0.15) is 0 Å². The molecule has 6 aromatic rings. The standard InChI is InChI=1S/C36H25NS/c1-2-15-27(16-3-1)37(33-20-10-14-24-11-6-7-17-28(24)33)34-23-32-31-21-25-12-4-5-13-26(25)22-35(31)38-36(32)30-19-9-8-18-29(30)34/h1-23,32,36H. The van der Waals surface area contributed by atoms with Crippen LogP contribution in [0.5, 0.6) is 0 Å². The molecule has 180 valence electrons. The number of hydrogen-bond acceptors (Lipinski definition) is 2. The van der Waals surface area contributed by atoms with Crippen LogP contribution in [-0.2, 0) is 0 Å². The fraction of sp³-hybridized carbons (Fsp3) is 0.0556. The van der Waals surface area contributed by atoms with Crippen molar-refractivity contribution in [3.05, 3.63) is 156 Å². The zero-order valence-corrected chi connectivity index (χ0v) is 21.6. The number of nitrogens with zero attached hydrogens (tertiary/aromatic N) is 1. The lowest BCUT2D eigenvalue weighted by Gasteiger charge is -2.35. The molecule has 1 heterocycles. The lowest BCUT2D eigenvalue weighted by Crippen LogP contribution is -2.21. The van der Waals surface area contributed by atoms with Crippen LogP contribution in [0.25, 0.3) is 27.2 Å². The highest BCUT2D eigenvalue weighted by atomic mass is 32.2. The van der Waals surface area contributed by atoms with Crippen molar-refractivity contribution < 1.29 is 0 Å². The Morgan fingerprint density at radius 1 is 0.553 bits per heavy atom. The highest BCUT2D eigenvalue weighted by Gasteiger charge is 2.39. The van der Waals surface area contributed by atoms with Crippen LogP contribution in [0, 0.1) is 0 Å². The number of allylic oxidation sites excluding steroid dienone is 1. The van der Waals surface area contributed by atoms with Gasteiger partial charge in [0.05, 0.1) is 11.4 Å². The summed E-state index contributed by atoms with van der Waals surface area (Å²) in [4.78, 5) is 3.88. The molecular formula is C36H25NS. The second-order valence-corrected chi connectivity index (χ2v) is 11.3. The second-order valence-electron chi connectivity index (χ2n) is 10.1. The van der Waals surface area contributed by atoms with Gasteiger partial charge >= 0.3 is 0 Å². The summed E-state index contributed by atoms with van der Waals surface area (Å²) in [7, 11) is 0. The second kappa shape index (κ2) is 8.65. The molecule has 2 aliphatic rings. The third-order valence-corrected chi connectivity index (χ3v) is 9.37. The number of anilines is 2. The predicted octanol–water partition coefficient (Wildman–Crippen LogP) is 10.1. The largest absolute Gasteiger partial charge is 0.310 e. The van der Waals surface area contributed by atoms with Gasteiger partial charge in [-0.3, -0.25) is 0 Å². The number of rotatable bonds is 3. The Bertz CT molecular complexity index is 1860. The Morgan fingerprint density at radius 2 is 1.24 bits per heavy atom. The first-order chi connectivity index (χ1) is 18.8. The van der Waals surface area contributed by atoms with Crippen molar-refractivity contribution in [3.63, 3.8) is 0 Å². The highest BCUT2D eigenvalue weighted by molar-refractivity contribution is 8.00. The number of fused-ring (bicyclic) bond motifs is 7. The Hall–Kier alpha value is -4.27. The van der Waals surface area contributed by atoms with Gasteiger partial charge in [0.25, 0.3) is 0 Å². The van der Waals surface area contributed by atoms with Crippen LogP contribution >= 0.6 is 11.8 Å². The lowest BCUT2D eigenvalue weighted by atomic mass is 9.82. The van der Waals surface area contributed by atoms with Gasteiger partial charge in [0, 0.05) is 32.7 Å². The molecule has 0 aromatic heterocycles. The van der Waals surface area contributed by atoms with Gasteiger partial charge < -0.3 is 4.90 Å². The molecule has 2 atom stereocenters. The molecule has 0 amide bonds. The fourth-order valence-corrected chi connectivity index (χ4v) is 7.73.